The van der Waals surface area contributed by atoms with Crippen molar-refractivity contribution in [2.24, 2.45) is 0 Å². The molecule has 0 spiro atoms. The molecule has 0 amide bonds. The van der Waals surface area contributed by atoms with Gasteiger partial charge in [0, 0.05) is 34.8 Å². The van der Waals surface area contributed by atoms with E-state index in [0.29, 0.717) is 22.6 Å². The molecule has 1 aliphatic carbocycles. The first-order valence-corrected chi connectivity index (χ1v) is 7.05. The predicted molar refractivity (Wildman–Crippen MR) is 86.9 cm³/mol. The predicted octanol–water partition coefficient (Wildman–Crippen LogP) is 2.96. The summed E-state index contributed by atoms with van der Waals surface area (Å²) in [4.78, 5) is 23.6. The maximum atomic E-state index is 11.8. The number of fused-ring (bicyclic) bond motifs is 1. The van der Waals surface area contributed by atoms with Gasteiger partial charge in [-0.1, -0.05) is 18.2 Å². The molecule has 5 nitrogen and oxygen atoms in total. The Labute approximate surface area is 132 Å². The number of aromatic nitrogens is 1. The smallest absolute Gasteiger partial charge is 0.338 e. The number of benzene rings is 2. The summed E-state index contributed by atoms with van der Waals surface area (Å²) in [6.07, 6.45) is 1.80. The van der Waals surface area contributed by atoms with Crippen LogP contribution in [0.1, 0.15) is 16.1 Å². The van der Waals surface area contributed by atoms with E-state index >= 15 is 0 Å². The number of para-hydroxylation sites is 1. The number of aromatic carboxylic acids is 1. The van der Waals surface area contributed by atoms with Crippen molar-refractivity contribution in [1.29, 1.82) is 0 Å². The monoisotopic (exact) mass is 309 g/mol. The molecule has 23 heavy (non-hydrogen) atoms. The van der Waals surface area contributed by atoms with Crippen molar-refractivity contribution >= 4 is 5.97 Å². The molecule has 0 radical (unpaired) electrons. The van der Waals surface area contributed by atoms with E-state index in [2.05, 4.69) is 0 Å². The number of pyridine rings is 1. The number of rotatable bonds is 3. The highest BCUT2D eigenvalue weighted by molar-refractivity contribution is 5.98. The highest BCUT2D eigenvalue weighted by Crippen LogP contribution is 2.35. The zero-order valence-electron chi connectivity index (χ0n) is 12.7. The Hall–Kier alpha value is -3.08. The minimum absolute atomic E-state index is 0.0994. The molecule has 0 bridgehead atoms. The Morgan fingerprint density at radius 3 is 2.43 bits per heavy atom. The summed E-state index contributed by atoms with van der Waals surface area (Å²) in [5.74, 6) is -0.717. The molecule has 2 aliphatic rings. The van der Waals surface area contributed by atoms with Crippen molar-refractivity contribution in [3.8, 4) is 22.6 Å². The van der Waals surface area contributed by atoms with Crippen LogP contribution in [0.2, 0.25) is 0 Å². The molecule has 1 heterocycles. The van der Waals surface area contributed by atoms with Crippen LogP contribution in [-0.2, 0) is 0 Å². The number of carboxylic acids is 1. The average molecular weight is 309 g/mol. The van der Waals surface area contributed by atoms with E-state index in [9.17, 15) is 14.7 Å². The van der Waals surface area contributed by atoms with Crippen molar-refractivity contribution in [2.75, 3.05) is 7.11 Å². The lowest BCUT2D eigenvalue weighted by molar-refractivity contribution is 0.0696. The number of carbonyl (C=O) groups is 1. The van der Waals surface area contributed by atoms with E-state index < -0.39 is 5.97 Å². The van der Waals surface area contributed by atoms with Crippen LogP contribution in [0, 0.1) is 6.92 Å². The highest BCUT2D eigenvalue weighted by Gasteiger charge is 2.23. The van der Waals surface area contributed by atoms with Gasteiger partial charge in [0.25, 0.3) is 0 Å². The summed E-state index contributed by atoms with van der Waals surface area (Å²) >= 11 is 0. The summed E-state index contributed by atoms with van der Waals surface area (Å²) in [6, 6.07) is 12.1. The van der Waals surface area contributed by atoms with Crippen molar-refractivity contribution in [3.05, 3.63) is 70.1 Å². The first kappa shape index (κ1) is 14.8. The first-order chi connectivity index (χ1) is 11.0. The van der Waals surface area contributed by atoms with Gasteiger partial charge in [-0.05, 0) is 25.1 Å². The minimum atomic E-state index is -1.08. The average Bonchev–Trinajstić information content (AvgIpc) is 2.53. The molecule has 0 atom stereocenters. The molecule has 1 aromatic rings. The molecule has 5 heteroatoms. The van der Waals surface area contributed by atoms with Gasteiger partial charge in [0.1, 0.15) is 5.75 Å². The van der Waals surface area contributed by atoms with Gasteiger partial charge in [-0.15, -0.1) is 0 Å². The van der Waals surface area contributed by atoms with Crippen LogP contribution in [0.3, 0.4) is 0 Å². The number of nitrogens with zero attached hydrogens (tertiary/aromatic N) is 1. The molecule has 0 saturated carbocycles. The lowest BCUT2D eigenvalue weighted by Gasteiger charge is -2.20. The van der Waals surface area contributed by atoms with Crippen LogP contribution < -0.4 is 10.2 Å². The maximum absolute atomic E-state index is 11.8. The molecule has 0 unspecified atom stereocenters. The fourth-order valence-electron chi connectivity index (χ4n) is 2.78. The van der Waals surface area contributed by atoms with Gasteiger partial charge >= 0.3 is 5.97 Å². The topological polar surface area (TPSA) is 68.5 Å². The van der Waals surface area contributed by atoms with E-state index in [1.807, 2.05) is 30.3 Å². The Balaban J connectivity index is 2.46. The molecule has 1 aliphatic heterocycles. The number of ether oxygens (including phenoxy) is 1. The van der Waals surface area contributed by atoms with Gasteiger partial charge in [0.15, 0.2) is 5.43 Å². The maximum Gasteiger partial charge on any atom is 0.338 e. The standard InChI is InChI=1S/C18H15NO4/c1-11-17(18(21)22)14-8-13(20)9-16(23-2)15(14)10-19(11)12-6-4-3-5-7-12/h3-10H,1-2H3,(H,21,22). The van der Waals surface area contributed by atoms with Gasteiger partial charge in [-0.2, -0.15) is 0 Å². The van der Waals surface area contributed by atoms with Crippen molar-refractivity contribution in [2.45, 2.75) is 6.92 Å². The molecular formula is C18H15NO4. The molecule has 0 aromatic heterocycles. The SMILES string of the molecule is COc1cc(=O)cc2c(C(=O)O)c(C)n(-c3ccccc3)cc1-2. The fourth-order valence-corrected chi connectivity index (χ4v) is 2.78. The van der Waals surface area contributed by atoms with Crippen LogP contribution in [0.4, 0.5) is 0 Å². The first-order valence-electron chi connectivity index (χ1n) is 7.05. The fraction of sp³-hybridized carbons (Fsp3) is 0.111. The zero-order valence-corrected chi connectivity index (χ0v) is 12.7. The van der Waals surface area contributed by atoms with Crippen LogP contribution in [0.25, 0.3) is 16.8 Å². The molecule has 0 saturated heterocycles. The normalized spacial score (nSPS) is 10.7. The van der Waals surface area contributed by atoms with E-state index in [1.165, 1.54) is 19.2 Å². The van der Waals surface area contributed by atoms with Crippen molar-refractivity contribution in [3.63, 3.8) is 0 Å². The second-order valence-corrected chi connectivity index (χ2v) is 5.19. The van der Waals surface area contributed by atoms with Gasteiger partial charge < -0.3 is 14.4 Å². The minimum Gasteiger partial charge on any atom is -0.496 e. The number of carboxylic acid groups (broad SMARTS) is 1. The third-order valence-electron chi connectivity index (χ3n) is 3.83. The Bertz CT molecular complexity index is 912. The Kier molecular flexibility index (Phi) is 3.62. The summed E-state index contributed by atoms with van der Waals surface area (Å²) in [7, 11) is 1.46. The van der Waals surface area contributed by atoms with Crippen LogP contribution in [0.5, 0.6) is 5.75 Å². The van der Waals surface area contributed by atoms with E-state index in [1.54, 1.807) is 17.7 Å². The summed E-state index contributed by atoms with van der Waals surface area (Å²) < 4.78 is 7.06. The lowest BCUT2D eigenvalue weighted by atomic mass is 9.96. The molecule has 1 N–H and O–H groups in total. The third kappa shape index (κ3) is 2.46. The summed E-state index contributed by atoms with van der Waals surface area (Å²) in [6.45, 7) is 1.72. The largest absolute Gasteiger partial charge is 0.496 e. The summed E-state index contributed by atoms with van der Waals surface area (Å²) in [5, 5.41) is 9.63. The van der Waals surface area contributed by atoms with Crippen LogP contribution in [-0.4, -0.2) is 22.8 Å². The molecule has 116 valence electrons. The third-order valence-corrected chi connectivity index (χ3v) is 3.83. The highest BCUT2D eigenvalue weighted by atomic mass is 16.5. The second-order valence-electron chi connectivity index (χ2n) is 5.19. The zero-order chi connectivity index (χ0) is 16.6. The van der Waals surface area contributed by atoms with Gasteiger partial charge in [0.05, 0.1) is 12.7 Å². The van der Waals surface area contributed by atoms with E-state index in [-0.39, 0.29) is 11.0 Å². The number of hydrogen-bond acceptors (Lipinski definition) is 3. The molecular weight excluding hydrogens is 294 g/mol. The second kappa shape index (κ2) is 5.61. The van der Waals surface area contributed by atoms with E-state index in [0.717, 1.165) is 5.69 Å². The van der Waals surface area contributed by atoms with Gasteiger partial charge in [-0.3, -0.25) is 4.79 Å². The Morgan fingerprint density at radius 2 is 1.83 bits per heavy atom. The molecule has 1 aromatic carbocycles. The number of methoxy groups -OCH3 is 1. The van der Waals surface area contributed by atoms with Gasteiger partial charge in [0.2, 0.25) is 0 Å². The summed E-state index contributed by atoms with van der Waals surface area (Å²) in [5.41, 5.74) is 2.16. The van der Waals surface area contributed by atoms with E-state index in [4.69, 9.17) is 4.74 Å². The quantitative estimate of drug-likeness (QED) is 0.807. The lowest BCUT2D eigenvalue weighted by Crippen LogP contribution is -2.14. The Morgan fingerprint density at radius 1 is 1.13 bits per heavy atom. The van der Waals surface area contributed by atoms with Gasteiger partial charge in [-0.25, -0.2) is 4.79 Å². The van der Waals surface area contributed by atoms with Crippen molar-refractivity contribution in [1.82, 2.24) is 4.57 Å². The molecule has 0 fully saturated rings. The molecule has 3 rings (SSSR count). The van der Waals surface area contributed by atoms with Crippen LogP contribution >= 0.6 is 0 Å². The number of hydrogen-bond donors (Lipinski definition) is 1. The van der Waals surface area contributed by atoms with Crippen molar-refractivity contribution < 1.29 is 14.6 Å². The van der Waals surface area contributed by atoms with Crippen LogP contribution in [0.15, 0.2) is 53.5 Å².